The van der Waals surface area contributed by atoms with Crippen molar-refractivity contribution >= 4 is 51.8 Å². The van der Waals surface area contributed by atoms with Crippen molar-refractivity contribution in [3.05, 3.63) is 70.9 Å². The minimum Gasteiger partial charge on any atom is -0.493 e. The van der Waals surface area contributed by atoms with E-state index >= 15 is 0 Å². The molecule has 1 fully saturated rings. The summed E-state index contributed by atoms with van der Waals surface area (Å²) in [7, 11) is 0. The normalized spacial score (nSPS) is 13.5. The molecule has 1 aromatic heterocycles. The van der Waals surface area contributed by atoms with Gasteiger partial charge in [-0.15, -0.1) is 0 Å². The van der Waals surface area contributed by atoms with Gasteiger partial charge in [0.2, 0.25) is 5.91 Å². The number of amides is 1. The van der Waals surface area contributed by atoms with Gasteiger partial charge in [0.15, 0.2) is 0 Å². The van der Waals surface area contributed by atoms with Crippen molar-refractivity contribution in [1.82, 2.24) is 9.88 Å². The minimum atomic E-state index is -0.347. The van der Waals surface area contributed by atoms with Gasteiger partial charge in [-0.3, -0.25) is 14.9 Å². The number of para-hydroxylation sites is 1. The summed E-state index contributed by atoms with van der Waals surface area (Å²) >= 11 is 3.41. The number of halogens is 1. The van der Waals surface area contributed by atoms with Crippen LogP contribution in [0.5, 0.6) is 5.75 Å². The topological polar surface area (TPSA) is 88.8 Å². The molecule has 0 saturated carbocycles. The molecule has 0 unspecified atom stereocenters. The molecule has 8 nitrogen and oxygen atoms in total. The molecule has 1 saturated heterocycles. The van der Waals surface area contributed by atoms with E-state index in [0.717, 1.165) is 21.8 Å². The number of nitro benzene ring substituents is 1. The Labute approximate surface area is 222 Å². The standard InChI is InChI=1S/C25H25IN4O4S/c1-2-34-21-5-3-4-6-23(21)35-22-8-7-18(15-20(22)30(32)33)19-9-10-27-24(16-19)28-11-13-29(14-12-28)25(31)17-26/h3-10,15-16H,2,11-14,17H2,1H3. The molecule has 0 spiro atoms. The SMILES string of the molecule is CCOc1ccccc1Sc1ccc(-c2ccnc(N3CCN(C(=O)CI)CC3)c2)cc1[N+](=O)[O-]. The Morgan fingerprint density at radius 2 is 1.83 bits per heavy atom. The van der Waals surface area contributed by atoms with Gasteiger partial charge in [-0.2, -0.15) is 0 Å². The molecule has 1 aliphatic rings. The van der Waals surface area contributed by atoms with Gasteiger partial charge in [0.05, 0.1) is 25.7 Å². The van der Waals surface area contributed by atoms with Crippen LogP contribution < -0.4 is 9.64 Å². The van der Waals surface area contributed by atoms with Crippen molar-refractivity contribution in [2.45, 2.75) is 16.7 Å². The van der Waals surface area contributed by atoms with Crippen LogP contribution in [0.4, 0.5) is 11.5 Å². The molecule has 3 aromatic rings. The fourth-order valence-corrected chi connectivity index (χ4v) is 5.36. The predicted molar refractivity (Wildman–Crippen MR) is 146 cm³/mol. The molecule has 35 heavy (non-hydrogen) atoms. The lowest BCUT2D eigenvalue weighted by atomic mass is 10.1. The van der Waals surface area contributed by atoms with E-state index in [9.17, 15) is 14.9 Å². The zero-order valence-electron chi connectivity index (χ0n) is 19.2. The number of pyridine rings is 1. The van der Waals surface area contributed by atoms with Gasteiger partial charge in [0, 0.05) is 38.4 Å². The summed E-state index contributed by atoms with van der Waals surface area (Å²) in [4.78, 5) is 33.4. The second-order valence-electron chi connectivity index (χ2n) is 7.83. The first-order valence-electron chi connectivity index (χ1n) is 11.2. The maximum atomic E-state index is 12.0. The monoisotopic (exact) mass is 604 g/mol. The number of carbonyl (C=O) groups is 1. The molecular weight excluding hydrogens is 579 g/mol. The molecule has 1 aliphatic heterocycles. The second-order valence-corrected chi connectivity index (χ2v) is 9.67. The lowest BCUT2D eigenvalue weighted by Gasteiger charge is -2.35. The molecule has 2 heterocycles. The molecule has 2 aromatic carbocycles. The van der Waals surface area contributed by atoms with Crippen LogP contribution in [0.25, 0.3) is 11.1 Å². The van der Waals surface area contributed by atoms with E-state index in [2.05, 4.69) is 32.5 Å². The van der Waals surface area contributed by atoms with Gasteiger partial charge in [-0.25, -0.2) is 4.98 Å². The number of nitrogens with zero attached hydrogens (tertiary/aromatic N) is 4. The number of piperazine rings is 1. The molecule has 0 aliphatic carbocycles. The number of alkyl halides is 1. The summed E-state index contributed by atoms with van der Waals surface area (Å²) in [5.41, 5.74) is 1.65. The van der Waals surface area contributed by atoms with Gasteiger partial charge in [-0.05, 0) is 48.4 Å². The highest BCUT2D eigenvalue weighted by molar-refractivity contribution is 14.1. The number of nitro groups is 1. The summed E-state index contributed by atoms with van der Waals surface area (Å²) < 4.78 is 6.16. The van der Waals surface area contributed by atoms with E-state index in [-0.39, 0.29) is 16.5 Å². The van der Waals surface area contributed by atoms with Crippen LogP contribution in [0.3, 0.4) is 0 Å². The predicted octanol–water partition coefficient (Wildman–Crippen LogP) is 5.29. The molecule has 10 heteroatoms. The van der Waals surface area contributed by atoms with Crippen LogP contribution in [0.15, 0.2) is 70.6 Å². The average molecular weight is 604 g/mol. The van der Waals surface area contributed by atoms with Gasteiger partial charge in [-0.1, -0.05) is 52.6 Å². The van der Waals surface area contributed by atoms with Crippen LogP contribution in [0.2, 0.25) is 0 Å². The number of anilines is 1. The number of aromatic nitrogens is 1. The molecule has 4 rings (SSSR count). The van der Waals surface area contributed by atoms with Gasteiger partial charge in [0.25, 0.3) is 5.69 Å². The third kappa shape index (κ3) is 6.04. The average Bonchev–Trinajstić information content (AvgIpc) is 2.89. The van der Waals surface area contributed by atoms with E-state index in [0.29, 0.717) is 47.9 Å². The lowest BCUT2D eigenvalue weighted by molar-refractivity contribution is -0.387. The molecule has 182 valence electrons. The maximum Gasteiger partial charge on any atom is 0.283 e. The molecule has 0 atom stereocenters. The van der Waals surface area contributed by atoms with Crippen LogP contribution in [-0.2, 0) is 4.79 Å². The van der Waals surface area contributed by atoms with Crippen molar-refractivity contribution in [3.8, 4) is 16.9 Å². The van der Waals surface area contributed by atoms with E-state index in [1.165, 1.54) is 11.8 Å². The Morgan fingerprint density at radius 3 is 2.54 bits per heavy atom. The van der Waals surface area contributed by atoms with Crippen molar-refractivity contribution in [1.29, 1.82) is 0 Å². The van der Waals surface area contributed by atoms with E-state index < -0.39 is 0 Å². The minimum absolute atomic E-state index is 0.0445. The maximum absolute atomic E-state index is 12.0. The smallest absolute Gasteiger partial charge is 0.283 e. The number of rotatable bonds is 8. The first-order valence-corrected chi connectivity index (χ1v) is 13.6. The Hall–Kier alpha value is -2.86. The zero-order valence-corrected chi connectivity index (χ0v) is 22.2. The Morgan fingerprint density at radius 1 is 1.09 bits per heavy atom. The quantitative estimate of drug-likeness (QED) is 0.150. The molecule has 0 N–H and O–H groups in total. The number of benzene rings is 2. The summed E-state index contributed by atoms with van der Waals surface area (Å²) in [5.74, 6) is 1.66. The van der Waals surface area contributed by atoms with Crippen molar-refractivity contribution < 1.29 is 14.5 Å². The molecule has 0 bridgehead atoms. The van der Waals surface area contributed by atoms with Crippen molar-refractivity contribution in [3.63, 3.8) is 0 Å². The largest absolute Gasteiger partial charge is 0.493 e. The Bertz CT molecular complexity index is 1220. The third-order valence-corrected chi connectivity index (χ3v) is 7.45. The van der Waals surface area contributed by atoms with Crippen LogP contribution in [0.1, 0.15) is 6.92 Å². The first-order chi connectivity index (χ1) is 17.0. The summed E-state index contributed by atoms with van der Waals surface area (Å²) in [6, 6.07) is 16.6. The fraction of sp³-hybridized carbons (Fsp3) is 0.280. The van der Waals surface area contributed by atoms with Gasteiger partial charge >= 0.3 is 0 Å². The third-order valence-electron chi connectivity index (χ3n) is 5.67. The van der Waals surface area contributed by atoms with E-state index in [1.807, 2.05) is 54.3 Å². The second kappa shape index (κ2) is 11.7. The number of hydrogen-bond donors (Lipinski definition) is 0. The fourth-order valence-electron chi connectivity index (χ4n) is 3.89. The molecule has 1 amide bonds. The first kappa shape index (κ1) is 25.2. The summed E-state index contributed by atoms with van der Waals surface area (Å²) in [6.45, 7) is 5.16. The Balaban J connectivity index is 1.57. The highest BCUT2D eigenvalue weighted by atomic mass is 127. The van der Waals surface area contributed by atoms with E-state index in [4.69, 9.17) is 4.74 Å². The van der Waals surface area contributed by atoms with Gasteiger partial charge < -0.3 is 14.5 Å². The Kier molecular flexibility index (Phi) is 8.45. The highest BCUT2D eigenvalue weighted by Crippen LogP contribution is 2.41. The summed E-state index contributed by atoms with van der Waals surface area (Å²) in [6.07, 6.45) is 1.72. The highest BCUT2D eigenvalue weighted by Gasteiger charge is 2.22. The zero-order chi connectivity index (χ0) is 24.8. The van der Waals surface area contributed by atoms with Crippen LogP contribution in [0, 0.1) is 10.1 Å². The lowest BCUT2D eigenvalue weighted by Crippen LogP contribution is -2.49. The summed E-state index contributed by atoms with van der Waals surface area (Å²) in [5, 5.41) is 11.9. The van der Waals surface area contributed by atoms with Crippen molar-refractivity contribution in [2.24, 2.45) is 0 Å². The van der Waals surface area contributed by atoms with Crippen molar-refractivity contribution in [2.75, 3.05) is 42.1 Å². The molecular formula is C25H25IN4O4S. The number of hydrogen-bond acceptors (Lipinski definition) is 7. The van der Waals surface area contributed by atoms with E-state index in [1.54, 1.807) is 18.3 Å². The van der Waals surface area contributed by atoms with Crippen LogP contribution in [-0.4, -0.2) is 57.9 Å². The van der Waals surface area contributed by atoms with Gasteiger partial charge in [0.1, 0.15) is 11.6 Å². The van der Waals surface area contributed by atoms with Crippen LogP contribution >= 0.6 is 34.4 Å². The number of carbonyl (C=O) groups excluding carboxylic acids is 1. The molecule has 0 radical (unpaired) electrons. The number of ether oxygens (including phenoxy) is 1.